The second-order valence-electron chi connectivity index (χ2n) is 5.02. The van der Waals surface area contributed by atoms with Crippen LogP contribution in [0.5, 0.6) is 0 Å². The van der Waals surface area contributed by atoms with Crippen LogP contribution in [0.3, 0.4) is 0 Å². The molecule has 0 unspecified atom stereocenters. The van der Waals surface area contributed by atoms with Gasteiger partial charge in [0.15, 0.2) is 0 Å². The van der Waals surface area contributed by atoms with Crippen LogP contribution in [0.4, 0.5) is 0 Å². The van der Waals surface area contributed by atoms with Gasteiger partial charge in [-0.15, -0.1) is 0 Å². The van der Waals surface area contributed by atoms with E-state index in [9.17, 15) is 4.79 Å². The van der Waals surface area contributed by atoms with Crippen molar-refractivity contribution in [1.82, 2.24) is 5.43 Å². The van der Waals surface area contributed by atoms with Crippen molar-refractivity contribution < 1.29 is 4.79 Å². The van der Waals surface area contributed by atoms with E-state index in [-0.39, 0.29) is 5.91 Å². The highest BCUT2D eigenvalue weighted by Crippen LogP contribution is 2.14. The van der Waals surface area contributed by atoms with E-state index < -0.39 is 0 Å². The number of rotatable bonds is 3. The van der Waals surface area contributed by atoms with Crippen LogP contribution in [0.2, 0.25) is 5.02 Å². The maximum atomic E-state index is 11.9. The lowest BCUT2D eigenvalue weighted by Gasteiger charge is -2.06. The van der Waals surface area contributed by atoms with E-state index >= 15 is 0 Å². The predicted octanol–water partition coefficient (Wildman–Crippen LogP) is 4.03. The number of halogens is 1. The van der Waals surface area contributed by atoms with Crippen molar-refractivity contribution in [2.45, 2.75) is 20.8 Å². The van der Waals surface area contributed by atoms with Gasteiger partial charge in [0.1, 0.15) is 0 Å². The monoisotopic (exact) mass is 300 g/mol. The Bertz CT molecular complexity index is 667. The number of nitrogens with one attached hydrogen (secondary N) is 1. The van der Waals surface area contributed by atoms with Gasteiger partial charge in [0.05, 0.1) is 6.21 Å². The summed E-state index contributed by atoms with van der Waals surface area (Å²) in [6, 6.07) is 10.9. The van der Waals surface area contributed by atoms with Gasteiger partial charge < -0.3 is 0 Å². The molecule has 3 nitrogen and oxygen atoms in total. The quantitative estimate of drug-likeness (QED) is 0.675. The van der Waals surface area contributed by atoms with E-state index in [0.717, 1.165) is 16.7 Å². The Morgan fingerprint density at radius 3 is 2.24 bits per heavy atom. The summed E-state index contributed by atoms with van der Waals surface area (Å²) in [6.45, 7) is 6.12. The van der Waals surface area contributed by atoms with Crippen LogP contribution in [0.1, 0.15) is 32.6 Å². The molecule has 1 amide bonds. The molecule has 0 aliphatic rings. The Kier molecular flexibility index (Phi) is 4.76. The molecule has 0 atom stereocenters. The summed E-state index contributed by atoms with van der Waals surface area (Å²) in [4.78, 5) is 11.9. The van der Waals surface area contributed by atoms with Gasteiger partial charge in [-0.1, -0.05) is 29.3 Å². The van der Waals surface area contributed by atoms with Gasteiger partial charge in [-0.2, -0.15) is 5.10 Å². The molecule has 4 heteroatoms. The van der Waals surface area contributed by atoms with Crippen LogP contribution >= 0.6 is 11.6 Å². The third-order valence-corrected chi connectivity index (χ3v) is 3.46. The van der Waals surface area contributed by atoms with Crippen molar-refractivity contribution in [3.63, 3.8) is 0 Å². The number of hydrogen-bond donors (Lipinski definition) is 1. The minimum atomic E-state index is -0.259. The third-order valence-electron chi connectivity index (χ3n) is 3.20. The first-order chi connectivity index (χ1) is 9.97. The van der Waals surface area contributed by atoms with Crippen molar-refractivity contribution in [3.05, 3.63) is 69.2 Å². The fourth-order valence-corrected chi connectivity index (χ4v) is 2.34. The van der Waals surface area contributed by atoms with Crippen LogP contribution in [-0.2, 0) is 0 Å². The molecule has 0 saturated carbocycles. The lowest BCUT2D eigenvalue weighted by atomic mass is 10.0. The summed E-state index contributed by atoms with van der Waals surface area (Å²) >= 11 is 5.79. The van der Waals surface area contributed by atoms with E-state index in [1.54, 1.807) is 30.5 Å². The molecule has 2 rings (SSSR count). The fraction of sp³-hybridized carbons (Fsp3) is 0.176. The van der Waals surface area contributed by atoms with Gasteiger partial charge in [-0.05, 0) is 56.2 Å². The number of hydrazone groups is 1. The first-order valence-electron chi connectivity index (χ1n) is 6.64. The lowest BCUT2D eigenvalue weighted by Crippen LogP contribution is -2.17. The standard InChI is InChI=1S/C17H17ClN2O/c1-11-8-12(2)16(13(3)9-11)10-19-20-17(21)14-4-6-15(18)7-5-14/h4-10H,1-3H3,(H,20,21)/b19-10-. The Morgan fingerprint density at radius 2 is 1.67 bits per heavy atom. The van der Waals surface area contributed by atoms with Crippen LogP contribution < -0.4 is 5.43 Å². The zero-order valence-electron chi connectivity index (χ0n) is 12.3. The molecule has 0 heterocycles. The first-order valence-corrected chi connectivity index (χ1v) is 7.02. The maximum absolute atomic E-state index is 11.9. The van der Waals surface area contributed by atoms with Gasteiger partial charge in [0.25, 0.3) is 5.91 Å². The molecule has 0 aromatic heterocycles. The average molecular weight is 301 g/mol. The van der Waals surface area contributed by atoms with Gasteiger partial charge >= 0.3 is 0 Å². The molecule has 2 aromatic rings. The van der Waals surface area contributed by atoms with E-state index in [2.05, 4.69) is 29.6 Å². The van der Waals surface area contributed by atoms with Gasteiger partial charge in [0, 0.05) is 16.1 Å². The van der Waals surface area contributed by atoms with Crippen LogP contribution in [0.25, 0.3) is 0 Å². The van der Waals surface area contributed by atoms with Crippen molar-refractivity contribution in [2.24, 2.45) is 5.10 Å². The van der Waals surface area contributed by atoms with Crippen molar-refractivity contribution in [1.29, 1.82) is 0 Å². The van der Waals surface area contributed by atoms with Crippen LogP contribution in [-0.4, -0.2) is 12.1 Å². The van der Waals surface area contributed by atoms with E-state index in [4.69, 9.17) is 11.6 Å². The van der Waals surface area contributed by atoms with Gasteiger partial charge in [-0.25, -0.2) is 5.43 Å². The number of aryl methyl sites for hydroxylation is 3. The number of hydrogen-bond acceptors (Lipinski definition) is 2. The highest BCUT2D eigenvalue weighted by Gasteiger charge is 2.04. The lowest BCUT2D eigenvalue weighted by molar-refractivity contribution is 0.0955. The summed E-state index contributed by atoms with van der Waals surface area (Å²) < 4.78 is 0. The Morgan fingerprint density at radius 1 is 1.10 bits per heavy atom. The average Bonchev–Trinajstić information content (AvgIpc) is 2.42. The van der Waals surface area contributed by atoms with E-state index in [1.807, 2.05) is 13.8 Å². The topological polar surface area (TPSA) is 41.5 Å². The SMILES string of the molecule is Cc1cc(C)c(/C=N\NC(=O)c2ccc(Cl)cc2)c(C)c1. The number of amides is 1. The Balaban J connectivity index is 2.09. The van der Waals surface area contributed by atoms with Crippen molar-refractivity contribution >= 4 is 23.7 Å². The summed E-state index contributed by atoms with van der Waals surface area (Å²) in [5.74, 6) is -0.259. The second kappa shape index (κ2) is 6.55. The number of carbonyl (C=O) groups is 1. The van der Waals surface area contributed by atoms with Crippen molar-refractivity contribution in [3.8, 4) is 0 Å². The van der Waals surface area contributed by atoms with E-state index in [1.165, 1.54) is 5.56 Å². The molecule has 0 radical (unpaired) electrons. The fourth-order valence-electron chi connectivity index (χ4n) is 2.22. The molecule has 0 spiro atoms. The highest BCUT2D eigenvalue weighted by molar-refractivity contribution is 6.30. The van der Waals surface area contributed by atoms with Crippen LogP contribution in [0, 0.1) is 20.8 Å². The largest absolute Gasteiger partial charge is 0.271 e. The predicted molar refractivity (Wildman–Crippen MR) is 87.2 cm³/mol. The molecule has 2 aromatic carbocycles. The zero-order valence-corrected chi connectivity index (χ0v) is 13.0. The minimum absolute atomic E-state index is 0.259. The van der Waals surface area contributed by atoms with Crippen molar-refractivity contribution in [2.75, 3.05) is 0 Å². The third kappa shape index (κ3) is 3.92. The Hall–Kier alpha value is -2.13. The molecule has 0 bridgehead atoms. The van der Waals surface area contributed by atoms with Gasteiger partial charge in [-0.3, -0.25) is 4.79 Å². The second-order valence-corrected chi connectivity index (χ2v) is 5.45. The molecule has 0 saturated heterocycles. The normalized spacial score (nSPS) is 10.9. The molecule has 0 fully saturated rings. The number of carbonyl (C=O) groups excluding carboxylic acids is 1. The zero-order chi connectivity index (χ0) is 15.4. The van der Waals surface area contributed by atoms with Crippen LogP contribution in [0.15, 0.2) is 41.5 Å². The maximum Gasteiger partial charge on any atom is 0.271 e. The minimum Gasteiger partial charge on any atom is -0.267 e. The molecule has 0 aliphatic heterocycles. The first kappa shape index (κ1) is 15.3. The molecule has 1 N–H and O–H groups in total. The summed E-state index contributed by atoms with van der Waals surface area (Å²) in [6.07, 6.45) is 1.68. The summed E-state index contributed by atoms with van der Waals surface area (Å²) in [5, 5.41) is 4.63. The molecular formula is C17H17ClN2O. The summed E-state index contributed by atoms with van der Waals surface area (Å²) in [7, 11) is 0. The number of benzene rings is 2. The molecule has 21 heavy (non-hydrogen) atoms. The van der Waals surface area contributed by atoms with Gasteiger partial charge in [0.2, 0.25) is 0 Å². The highest BCUT2D eigenvalue weighted by atomic mass is 35.5. The molecule has 0 aliphatic carbocycles. The van der Waals surface area contributed by atoms with E-state index in [0.29, 0.717) is 10.6 Å². The smallest absolute Gasteiger partial charge is 0.267 e. The molecule has 108 valence electrons. The summed E-state index contributed by atoms with van der Waals surface area (Å²) in [5.41, 5.74) is 7.56. The molecular weight excluding hydrogens is 284 g/mol. The Labute approximate surface area is 129 Å². The number of nitrogens with zero attached hydrogens (tertiary/aromatic N) is 1.